The van der Waals surface area contributed by atoms with Crippen LogP contribution < -0.4 is 0 Å². The first-order valence-electron chi connectivity index (χ1n) is 17.2. The van der Waals surface area contributed by atoms with Gasteiger partial charge in [0.2, 0.25) is 0 Å². The zero-order chi connectivity index (χ0) is 33.0. The van der Waals surface area contributed by atoms with Crippen LogP contribution in [-0.2, 0) is 0 Å². The Hall–Kier alpha value is -6.64. The Labute approximate surface area is 290 Å². The van der Waals surface area contributed by atoms with Gasteiger partial charge in [0.05, 0.1) is 22.1 Å². The van der Waals surface area contributed by atoms with E-state index in [1.54, 1.807) is 0 Å². The first-order chi connectivity index (χ1) is 24.8. The molecule has 234 valence electrons. The normalized spacial score (nSPS) is 11.6. The number of hydrogen-bond acceptors (Lipinski definition) is 0. The topological polar surface area (TPSA) is 9.86 Å². The monoisotopic (exact) mass is 636 g/mol. The molecule has 10 aromatic rings. The van der Waals surface area contributed by atoms with Crippen molar-refractivity contribution in [2.24, 2.45) is 0 Å². The quantitative estimate of drug-likeness (QED) is 0.178. The molecule has 10 rings (SSSR count). The molecule has 2 heterocycles. The van der Waals surface area contributed by atoms with Crippen molar-refractivity contribution in [2.75, 3.05) is 0 Å². The Morgan fingerprint density at radius 1 is 0.220 bits per heavy atom. The summed E-state index contributed by atoms with van der Waals surface area (Å²) in [6.45, 7) is 0. The van der Waals surface area contributed by atoms with E-state index in [0.29, 0.717) is 0 Å². The van der Waals surface area contributed by atoms with Gasteiger partial charge in [0, 0.05) is 32.9 Å². The van der Waals surface area contributed by atoms with Crippen LogP contribution in [0.15, 0.2) is 194 Å². The van der Waals surface area contributed by atoms with Gasteiger partial charge < -0.3 is 9.13 Å². The Morgan fingerprint density at radius 3 is 1.30 bits per heavy atom. The maximum absolute atomic E-state index is 2.41. The highest BCUT2D eigenvalue weighted by molar-refractivity contribution is 6.11. The molecule has 0 saturated carbocycles. The van der Waals surface area contributed by atoms with Crippen molar-refractivity contribution in [1.29, 1.82) is 0 Å². The molecule has 0 atom stereocenters. The molecule has 0 bridgehead atoms. The predicted molar refractivity (Wildman–Crippen MR) is 211 cm³/mol. The van der Waals surface area contributed by atoms with Gasteiger partial charge in [-0.05, 0) is 88.0 Å². The van der Waals surface area contributed by atoms with Gasteiger partial charge in [-0.2, -0.15) is 0 Å². The van der Waals surface area contributed by atoms with E-state index in [1.165, 1.54) is 82.7 Å². The highest BCUT2D eigenvalue weighted by Gasteiger charge is 2.15. The molecule has 0 radical (unpaired) electrons. The highest BCUT2D eigenvalue weighted by atomic mass is 15.0. The summed E-state index contributed by atoms with van der Waals surface area (Å²) >= 11 is 0. The van der Waals surface area contributed by atoms with Gasteiger partial charge in [-0.1, -0.05) is 140 Å². The summed E-state index contributed by atoms with van der Waals surface area (Å²) in [4.78, 5) is 0. The number of aromatic nitrogens is 2. The Bertz CT molecular complexity index is 2820. The highest BCUT2D eigenvalue weighted by Crippen LogP contribution is 2.38. The second kappa shape index (κ2) is 11.5. The van der Waals surface area contributed by atoms with Gasteiger partial charge in [-0.3, -0.25) is 0 Å². The van der Waals surface area contributed by atoms with E-state index >= 15 is 0 Å². The first-order valence-corrected chi connectivity index (χ1v) is 17.2. The summed E-state index contributed by atoms with van der Waals surface area (Å²) in [5.74, 6) is 0. The van der Waals surface area contributed by atoms with Crippen LogP contribution in [0.4, 0.5) is 0 Å². The molecule has 2 nitrogen and oxygen atoms in total. The van der Waals surface area contributed by atoms with Crippen molar-refractivity contribution >= 4 is 43.6 Å². The van der Waals surface area contributed by atoms with Crippen molar-refractivity contribution in [3.63, 3.8) is 0 Å². The van der Waals surface area contributed by atoms with Gasteiger partial charge in [-0.15, -0.1) is 0 Å². The average Bonchev–Trinajstić information content (AvgIpc) is 3.71. The molecule has 0 N–H and O–H groups in total. The number of hydrogen-bond donors (Lipinski definition) is 0. The van der Waals surface area contributed by atoms with E-state index in [0.717, 1.165) is 5.69 Å². The third-order valence-corrected chi connectivity index (χ3v) is 10.1. The van der Waals surface area contributed by atoms with Crippen LogP contribution >= 0.6 is 0 Å². The second-order valence-corrected chi connectivity index (χ2v) is 13.0. The van der Waals surface area contributed by atoms with E-state index in [2.05, 4.69) is 203 Å². The molecule has 2 heteroatoms. The Balaban J connectivity index is 1.06. The summed E-state index contributed by atoms with van der Waals surface area (Å²) < 4.78 is 4.78. The van der Waals surface area contributed by atoms with E-state index in [4.69, 9.17) is 0 Å². The minimum absolute atomic E-state index is 1.15. The van der Waals surface area contributed by atoms with Gasteiger partial charge in [0.1, 0.15) is 0 Å². The van der Waals surface area contributed by atoms with Gasteiger partial charge in [-0.25, -0.2) is 0 Å². The molecule has 8 aromatic carbocycles. The lowest BCUT2D eigenvalue weighted by molar-refractivity contribution is 1.18. The van der Waals surface area contributed by atoms with Crippen LogP contribution in [0.1, 0.15) is 0 Å². The SMILES string of the molecule is c1ccc(-c2ccc(-c3ccc4c5ccccc5n(-c5ccc(-c6ccc7c(c6)c6ccccc6n7-c6ccccc6)cc5)c4c3)cc2)cc1. The molecule has 0 aliphatic carbocycles. The molecule has 50 heavy (non-hydrogen) atoms. The molecule has 0 spiro atoms. The fourth-order valence-corrected chi connectivity index (χ4v) is 7.72. The molecule has 0 amide bonds. The lowest BCUT2D eigenvalue weighted by atomic mass is 9.99. The fraction of sp³-hybridized carbons (Fsp3) is 0. The third-order valence-electron chi connectivity index (χ3n) is 10.1. The van der Waals surface area contributed by atoms with E-state index < -0.39 is 0 Å². The summed E-state index contributed by atoms with van der Waals surface area (Å²) in [6.07, 6.45) is 0. The lowest BCUT2D eigenvalue weighted by Gasteiger charge is -2.11. The van der Waals surface area contributed by atoms with Crippen LogP contribution in [0, 0.1) is 0 Å². The molecule has 0 saturated heterocycles. The maximum atomic E-state index is 2.41. The first kappa shape index (κ1) is 28.4. The van der Waals surface area contributed by atoms with Gasteiger partial charge in [0.15, 0.2) is 0 Å². The summed E-state index contributed by atoms with van der Waals surface area (Å²) in [6, 6.07) is 70.4. The third kappa shape index (κ3) is 4.57. The standard InChI is InChI=1S/C48H32N2/c1-3-11-33(12-4-1)34-19-21-35(22-20-34)38-25-29-43-41-15-7-9-17-45(41)50(48(43)32-38)40-27-23-36(24-28-40)37-26-30-47-44(31-37)42-16-8-10-18-46(42)49(47)39-13-5-2-6-14-39/h1-32H. The van der Waals surface area contributed by atoms with E-state index in [-0.39, 0.29) is 0 Å². The van der Waals surface area contributed by atoms with Crippen LogP contribution in [0.2, 0.25) is 0 Å². The van der Waals surface area contributed by atoms with E-state index in [9.17, 15) is 0 Å². The summed E-state index contributed by atoms with van der Waals surface area (Å²) in [5, 5.41) is 5.05. The van der Waals surface area contributed by atoms with Crippen LogP contribution in [-0.4, -0.2) is 9.13 Å². The maximum Gasteiger partial charge on any atom is 0.0547 e. The molecular weight excluding hydrogens is 605 g/mol. The number of nitrogens with zero attached hydrogens (tertiary/aromatic N) is 2. The van der Waals surface area contributed by atoms with Crippen LogP contribution in [0.25, 0.3) is 88.4 Å². The predicted octanol–water partition coefficient (Wildman–Crippen LogP) is 12.9. The van der Waals surface area contributed by atoms with Crippen molar-refractivity contribution in [1.82, 2.24) is 9.13 Å². The zero-order valence-electron chi connectivity index (χ0n) is 27.4. The number of para-hydroxylation sites is 3. The average molecular weight is 637 g/mol. The lowest BCUT2D eigenvalue weighted by Crippen LogP contribution is -1.94. The number of benzene rings is 8. The molecule has 2 aromatic heterocycles. The Kier molecular flexibility index (Phi) is 6.53. The summed E-state index contributed by atoms with van der Waals surface area (Å²) in [5.41, 5.74) is 14.5. The van der Waals surface area contributed by atoms with Crippen LogP contribution in [0.3, 0.4) is 0 Å². The second-order valence-electron chi connectivity index (χ2n) is 13.0. The number of rotatable bonds is 5. The molecular formula is C48H32N2. The largest absolute Gasteiger partial charge is 0.309 e. The molecule has 0 aliphatic rings. The van der Waals surface area contributed by atoms with E-state index in [1.807, 2.05) is 0 Å². The van der Waals surface area contributed by atoms with Gasteiger partial charge >= 0.3 is 0 Å². The Morgan fingerprint density at radius 2 is 0.620 bits per heavy atom. The van der Waals surface area contributed by atoms with Gasteiger partial charge in [0.25, 0.3) is 0 Å². The zero-order valence-corrected chi connectivity index (χ0v) is 27.4. The molecule has 0 fully saturated rings. The van der Waals surface area contributed by atoms with Crippen molar-refractivity contribution in [2.45, 2.75) is 0 Å². The number of fused-ring (bicyclic) bond motifs is 6. The van der Waals surface area contributed by atoms with Crippen molar-refractivity contribution < 1.29 is 0 Å². The molecule has 0 unspecified atom stereocenters. The van der Waals surface area contributed by atoms with Crippen LogP contribution in [0.5, 0.6) is 0 Å². The van der Waals surface area contributed by atoms with Crippen molar-refractivity contribution in [3.8, 4) is 44.8 Å². The smallest absolute Gasteiger partial charge is 0.0547 e. The fourth-order valence-electron chi connectivity index (χ4n) is 7.72. The van der Waals surface area contributed by atoms with Crippen molar-refractivity contribution in [3.05, 3.63) is 194 Å². The minimum atomic E-state index is 1.15. The molecule has 0 aliphatic heterocycles. The minimum Gasteiger partial charge on any atom is -0.309 e. The summed E-state index contributed by atoms with van der Waals surface area (Å²) in [7, 11) is 0.